The van der Waals surface area contributed by atoms with Crippen molar-refractivity contribution in [3.63, 3.8) is 0 Å². The van der Waals surface area contributed by atoms with Crippen molar-refractivity contribution in [2.24, 2.45) is 5.73 Å². The molecular weight excluding hydrogens is 414 g/mol. The zero-order chi connectivity index (χ0) is 14.9. The standard InChI is InChI=1S/C13H8Br2F2N2S/c14-6-1-2-11(7(3-6)13(18)20)19-12-4-8(15)9(16)5-10(12)17/h1-5,19H,(H2,18,20). The molecular formula is C13H8Br2F2N2S. The van der Waals surface area contributed by atoms with Crippen LogP contribution in [0.15, 0.2) is 39.3 Å². The van der Waals surface area contributed by atoms with E-state index in [4.69, 9.17) is 18.0 Å². The van der Waals surface area contributed by atoms with Crippen LogP contribution in [0.5, 0.6) is 0 Å². The number of anilines is 2. The third kappa shape index (κ3) is 3.34. The van der Waals surface area contributed by atoms with E-state index >= 15 is 0 Å². The Morgan fingerprint density at radius 2 is 1.75 bits per heavy atom. The molecule has 0 unspecified atom stereocenters. The second-order valence-electron chi connectivity index (χ2n) is 3.93. The fourth-order valence-electron chi connectivity index (χ4n) is 1.59. The van der Waals surface area contributed by atoms with E-state index in [1.54, 1.807) is 18.2 Å². The minimum Gasteiger partial charge on any atom is -0.389 e. The fourth-order valence-corrected chi connectivity index (χ4v) is 2.47. The van der Waals surface area contributed by atoms with Gasteiger partial charge in [0.15, 0.2) is 0 Å². The Bertz CT molecular complexity index is 692. The van der Waals surface area contributed by atoms with Crippen molar-refractivity contribution >= 4 is 60.4 Å². The van der Waals surface area contributed by atoms with Crippen molar-refractivity contribution in [1.82, 2.24) is 0 Å². The van der Waals surface area contributed by atoms with Crippen LogP contribution in [0.3, 0.4) is 0 Å². The van der Waals surface area contributed by atoms with Crippen LogP contribution in [0, 0.1) is 11.6 Å². The number of hydrogen-bond acceptors (Lipinski definition) is 2. The van der Waals surface area contributed by atoms with Gasteiger partial charge in [-0.05, 0) is 40.2 Å². The van der Waals surface area contributed by atoms with E-state index in [9.17, 15) is 8.78 Å². The van der Waals surface area contributed by atoms with Gasteiger partial charge in [0.25, 0.3) is 0 Å². The number of rotatable bonds is 3. The van der Waals surface area contributed by atoms with Crippen LogP contribution >= 0.6 is 44.1 Å². The number of nitrogens with two attached hydrogens (primary N) is 1. The summed E-state index contributed by atoms with van der Waals surface area (Å²) in [5, 5.41) is 2.86. The molecule has 0 radical (unpaired) electrons. The highest BCUT2D eigenvalue weighted by atomic mass is 79.9. The Morgan fingerprint density at radius 1 is 1.05 bits per heavy atom. The number of nitrogens with one attached hydrogen (secondary N) is 1. The number of hydrogen-bond donors (Lipinski definition) is 2. The first-order valence-corrected chi connectivity index (χ1v) is 7.39. The molecule has 0 aromatic heterocycles. The van der Waals surface area contributed by atoms with Crippen molar-refractivity contribution < 1.29 is 8.78 Å². The Kier molecular flexibility index (Phi) is 4.72. The van der Waals surface area contributed by atoms with Crippen molar-refractivity contribution in [1.29, 1.82) is 0 Å². The molecule has 2 nitrogen and oxygen atoms in total. The smallest absolute Gasteiger partial charge is 0.149 e. The highest BCUT2D eigenvalue weighted by molar-refractivity contribution is 9.10. The minimum atomic E-state index is -0.706. The Morgan fingerprint density at radius 3 is 2.40 bits per heavy atom. The van der Waals surface area contributed by atoms with Gasteiger partial charge in [-0.25, -0.2) is 8.78 Å². The van der Waals surface area contributed by atoms with E-state index < -0.39 is 11.6 Å². The first-order chi connectivity index (χ1) is 9.38. The van der Waals surface area contributed by atoms with Crippen LogP contribution in [0.4, 0.5) is 20.2 Å². The predicted octanol–water partition coefficient (Wildman–Crippen LogP) is 4.87. The molecule has 0 saturated heterocycles. The average Bonchev–Trinajstić information content (AvgIpc) is 2.37. The van der Waals surface area contributed by atoms with E-state index in [-0.39, 0.29) is 15.1 Å². The molecule has 0 saturated carbocycles. The Balaban J connectivity index is 2.45. The van der Waals surface area contributed by atoms with Crippen LogP contribution in [0.2, 0.25) is 0 Å². The first-order valence-electron chi connectivity index (χ1n) is 5.39. The van der Waals surface area contributed by atoms with Gasteiger partial charge in [0, 0.05) is 21.8 Å². The molecule has 0 aliphatic heterocycles. The zero-order valence-corrected chi connectivity index (χ0v) is 13.9. The summed E-state index contributed by atoms with van der Waals surface area (Å²) in [6.45, 7) is 0. The van der Waals surface area contributed by atoms with E-state index in [1.807, 2.05) is 0 Å². The molecule has 0 spiro atoms. The van der Waals surface area contributed by atoms with Gasteiger partial charge in [-0.3, -0.25) is 0 Å². The van der Waals surface area contributed by atoms with Crippen LogP contribution in [0.25, 0.3) is 0 Å². The average molecular weight is 422 g/mol. The van der Waals surface area contributed by atoms with Crippen molar-refractivity contribution in [2.45, 2.75) is 0 Å². The molecule has 0 bridgehead atoms. The maximum Gasteiger partial charge on any atom is 0.149 e. The molecule has 0 aliphatic carbocycles. The molecule has 2 rings (SSSR count). The highest BCUT2D eigenvalue weighted by Gasteiger charge is 2.11. The van der Waals surface area contributed by atoms with Crippen LogP contribution < -0.4 is 11.1 Å². The third-order valence-electron chi connectivity index (χ3n) is 2.53. The molecule has 0 aliphatic rings. The topological polar surface area (TPSA) is 38.0 Å². The number of benzene rings is 2. The maximum atomic E-state index is 13.7. The second-order valence-corrected chi connectivity index (χ2v) is 6.14. The summed E-state index contributed by atoms with van der Waals surface area (Å²) in [4.78, 5) is 0.176. The lowest BCUT2D eigenvalue weighted by Crippen LogP contribution is -2.12. The van der Waals surface area contributed by atoms with Gasteiger partial charge >= 0.3 is 0 Å². The lowest BCUT2D eigenvalue weighted by molar-refractivity contribution is 0.581. The molecule has 0 atom stereocenters. The van der Waals surface area contributed by atoms with Gasteiger partial charge < -0.3 is 11.1 Å². The Labute approximate surface area is 136 Å². The van der Waals surface area contributed by atoms with Gasteiger partial charge in [0.05, 0.1) is 10.2 Å². The molecule has 2 aromatic rings. The molecule has 0 heterocycles. The summed E-state index contributed by atoms with van der Waals surface area (Å²) < 4.78 is 27.9. The molecule has 0 fully saturated rings. The summed E-state index contributed by atoms with van der Waals surface area (Å²) >= 11 is 11.3. The lowest BCUT2D eigenvalue weighted by atomic mass is 10.1. The third-order valence-corrected chi connectivity index (χ3v) is 3.85. The quantitative estimate of drug-likeness (QED) is 0.548. The van der Waals surface area contributed by atoms with Crippen molar-refractivity contribution in [2.75, 3.05) is 5.32 Å². The molecule has 7 heteroatoms. The van der Waals surface area contributed by atoms with Crippen LogP contribution in [0.1, 0.15) is 5.56 Å². The molecule has 2 aromatic carbocycles. The van der Waals surface area contributed by atoms with Crippen LogP contribution in [-0.2, 0) is 0 Å². The van der Waals surface area contributed by atoms with Gasteiger partial charge in [-0.15, -0.1) is 0 Å². The number of halogens is 4. The SMILES string of the molecule is NC(=S)c1cc(Br)ccc1Nc1cc(Br)c(F)cc1F. The van der Waals surface area contributed by atoms with Gasteiger partial charge in [-0.2, -0.15) is 0 Å². The van der Waals surface area contributed by atoms with Crippen LogP contribution in [-0.4, -0.2) is 4.99 Å². The van der Waals surface area contributed by atoms with Crippen molar-refractivity contribution in [3.05, 3.63) is 56.5 Å². The molecule has 3 N–H and O–H groups in total. The molecule has 104 valence electrons. The Hall–Kier alpha value is -1.05. The van der Waals surface area contributed by atoms with E-state index in [1.165, 1.54) is 6.07 Å². The molecule has 20 heavy (non-hydrogen) atoms. The summed E-state index contributed by atoms with van der Waals surface area (Å²) in [7, 11) is 0. The normalized spacial score (nSPS) is 10.4. The largest absolute Gasteiger partial charge is 0.389 e. The second kappa shape index (κ2) is 6.15. The lowest BCUT2D eigenvalue weighted by Gasteiger charge is -2.13. The maximum absolute atomic E-state index is 13.7. The van der Waals surface area contributed by atoms with Gasteiger partial charge in [0.2, 0.25) is 0 Å². The monoisotopic (exact) mass is 420 g/mol. The summed E-state index contributed by atoms with van der Waals surface area (Å²) in [6.07, 6.45) is 0. The number of thiocarbonyl (C=S) groups is 1. The van der Waals surface area contributed by atoms with E-state index in [0.29, 0.717) is 11.3 Å². The van der Waals surface area contributed by atoms with E-state index in [0.717, 1.165) is 10.5 Å². The highest BCUT2D eigenvalue weighted by Crippen LogP contribution is 2.29. The summed E-state index contributed by atoms with van der Waals surface area (Å²) in [6, 6.07) is 7.30. The predicted molar refractivity (Wildman–Crippen MR) is 87.4 cm³/mol. The summed E-state index contributed by atoms with van der Waals surface area (Å²) in [5.41, 5.74) is 6.86. The minimum absolute atomic E-state index is 0.123. The zero-order valence-electron chi connectivity index (χ0n) is 9.88. The first kappa shape index (κ1) is 15.3. The van der Waals surface area contributed by atoms with Gasteiger partial charge in [-0.1, -0.05) is 28.1 Å². The summed E-state index contributed by atoms with van der Waals surface area (Å²) in [5.74, 6) is -1.37. The molecule has 0 amide bonds. The fraction of sp³-hybridized carbons (Fsp3) is 0. The van der Waals surface area contributed by atoms with Crippen molar-refractivity contribution in [3.8, 4) is 0 Å². The van der Waals surface area contributed by atoms with E-state index in [2.05, 4.69) is 37.2 Å². The van der Waals surface area contributed by atoms with Gasteiger partial charge in [0.1, 0.15) is 16.6 Å².